The van der Waals surface area contributed by atoms with Crippen LogP contribution in [0, 0.1) is 0 Å². The summed E-state index contributed by atoms with van der Waals surface area (Å²) < 4.78 is 10.8. The van der Waals surface area contributed by atoms with Crippen LogP contribution >= 0.6 is 0 Å². The highest BCUT2D eigenvalue weighted by molar-refractivity contribution is 5.36. The van der Waals surface area contributed by atoms with Crippen LogP contribution < -0.4 is 10.5 Å². The van der Waals surface area contributed by atoms with Crippen molar-refractivity contribution in [2.75, 3.05) is 40.0 Å². The summed E-state index contributed by atoms with van der Waals surface area (Å²) in [5, 5.41) is 0. The van der Waals surface area contributed by atoms with Gasteiger partial charge in [-0.25, -0.2) is 0 Å². The van der Waals surface area contributed by atoms with Gasteiger partial charge in [0, 0.05) is 25.2 Å². The molecule has 0 unspecified atom stereocenters. The van der Waals surface area contributed by atoms with Crippen LogP contribution in [-0.2, 0) is 4.74 Å². The van der Waals surface area contributed by atoms with Gasteiger partial charge in [-0.15, -0.1) is 0 Å². The van der Waals surface area contributed by atoms with E-state index in [2.05, 4.69) is 11.0 Å². The monoisotopic (exact) mass is 236 g/mol. The summed E-state index contributed by atoms with van der Waals surface area (Å²) in [5.74, 6) is 0.912. The first-order valence-electron chi connectivity index (χ1n) is 6.01. The van der Waals surface area contributed by atoms with Gasteiger partial charge in [-0.3, -0.25) is 4.90 Å². The number of hydrogen-bond donors (Lipinski definition) is 1. The number of ether oxygens (including phenoxy) is 2. The van der Waals surface area contributed by atoms with Crippen LogP contribution in [0.5, 0.6) is 5.75 Å². The number of nitrogens with zero attached hydrogens (tertiary/aromatic N) is 1. The molecule has 0 saturated carbocycles. The van der Waals surface area contributed by atoms with Gasteiger partial charge in [0.2, 0.25) is 0 Å². The Morgan fingerprint density at radius 2 is 2.06 bits per heavy atom. The number of nitrogens with two attached hydrogens (primary N) is 1. The van der Waals surface area contributed by atoms with Crippen molar-refractivity contribution in [3.05, 3.63) is 29.8 Å². The Bertz CT molecular complexity index is 351. The average Bonchev–Trinajstić information content (AvgIpc) is 2.41. The highest BCUT2D eigenvalue weighted by Gasteiger charge is 2.23. The second-order valence-corrected chi connectivity index (χ2v) is 4.14. The maximum absolute atomic E-state index is 5.92. The fraction of sp³-hybridized carbons (Fsp3) is 0.538. The topological polar surface area (TPSA) is 47.7 Å². The van der Waals surface area contributed by atoms with Crippen molar-refractivity contribution < 1.29 is 9.47 Å². The number of para-hydroxylation sites is 1. The SMILES string of the molecule is COc1ccccc1[C@@H](CN)N1CCOCC1. The average molecular weight is 236 g/mol. The summed E-state index contributed by atoms with van der Waals surface area (Å²) in [6.07, 6.45) is 0. The Morgan fingerprint density at radius 1 is 1.35 bits per heavy atom. The Labute approximate surface area is 102 Å². The van der Waals surface area contributed by atoms with Crippen molar-refractivity contribution in [2.24, 2.45) is 5.73 Å². The van der Waals surface area contributed by atoms with Crippen LogP contribution in [0.1, 0.15) is 11.6 Å². The molecule has 1 saturated heterocycles. The number of morpholine rings is 1. The van der Waals surface area contributed by atoms with Gasteiger partial charge in [0.1, 0.15) is 5.75 Å². The first-order valence-corrected chi connectivity index (χ1v) is 6.01. The molecule has 1 aliphatic heterocycles. The van der Waals surface area contributed by atoms with Crippen molar-refractivity contribution in [1.29, 1.82) is 0 Å². The lowest BCUT2D eigenvalue weighted by atomic mass is 10.0. The summed E-state index contributed by atoms with van der Waals surface area (Å²) in [6, 6.07) is 8.30. The zero-order chi connectivity index (χ0) is 12.1. The zero-order valence-corrected chi connectivity index (χ0v) is 10.3. The van der Waals surface area contributed by atoms with E-state index in [1.807, 2.05) is 18.2 Å². The van der Waals surface area contributed by atoms with E-state index in [0.717, 1.165) is 32.1 Å². The first-order chi connectivity index (χ1) is 8.36. The third-order valence-corrected chi connectivity index (χ3v) is 3.21. The summed E-state index contributed by atoms with van der Waals surface area (Å²) in [5.41, 5.74) is 7.09. The Kier molecular flexibility index (Phi) is 4.36. The molecule has 0 amide bonds. The predicted octanol–water partition coefficient (Wildman–Crippen LogP) is 1.03. The lowest BCUT2D eigenvalue weighted by Crippen LogP contribution is -2.41. The number of rotatable bonds is 4. The van der Waals surface area contributed by atoms with Gasteiger partial charge >= 0.3 is 0 Å². The van der Waals surface area contributed by atoms with Gasteiger partial charge in [-0.1, -0.05) is 18.2 Å². The molecular formula is C13H20N2O2. The van der Waals surface area contributed by atoms with E-state index in [1.54, 1.807) is 7.11 Å². The minimum Gasteiger partial charge on any atom is -0.496 e. The van der Waals surface area contributed by atoms with Crippen LogP contribution in [0.4, 0.5) is 0 Å². The molecule has 1 aromatic carbocycles. The van der Waals surface area contributed by atoms with Crippen LogP contribution in [-0.4, -0.2) is 44.9 Å². The van der Waals surface area contributed by atoms with Crippen LogP contribution in [0.3, 0.4) is 0 Å². The molecule has 0 aliphatic carbocycles. The van der Waals surface area contributed by atoms with E-state index in [9.17, 15) is 0 Å². The molecule has 4 heteroatoms. The quantitative estimate of drug-likeness (QED) is 0.848. The predicted molar refractivity (Wildman–Crippen MR) is 67.2 cm³/mol. The number of methoxy groups -OCH3 is 1. The Balaban J connectivity index is 2.21. The molecule has 94 valence electrons. The lowest BCUT2D eigenvalue weighted by molar-refractivity contribution is 0.0174. The van der Waals surface area contributed by atoms with E-state index >= 15 is 0 Å². The third-order valence-electron chi connectivity index (χ3n) is 3.21. The van der Waals surface area contributed by atoms with Crippen LogP contribution in [0.15, 0.2) is 24.3 Å². The van der Waals surface area contributed by atoms with Gasteiger partial charge < -0.3 is 15.2 Å². The highest BCUT2D eigenvalue weighted by Crippen LogP contribution is 2.28. The smallest absolute Gasteiger partial charge is 0.123 e. The van der Waals surface area contributed by atoms with Crippen molar-refractivity contribution in [3.8, 4) is 5.75 Å². The minimum atomic E-state index is 0.218. The molecule has 2 N–H and O–H groups in total. The van der Waals surface area contributed by atoms with Crippen LogP contribution in [0.25, 0.3) is 0 Å². The van der Waals surface area contributed by atoms with Gasteiger partial charge in [0.25, 0.3) is 0 Å². The standard InChI is InChI=1S/C13H20N2O2/c1-16-13-5-3-2-4-11(13)12(10-14)15-6-8-17-9-7-15/h2-5,12H,6-10,14H2,1H3/t12-/m1/s1. The molecule has 2 rings (SSSR count). The van der Waals surface area contributed by atoms with Crippen molar-refractivity contribution in [1.82, 2.24) is 4.90 Å². The van der Waals surface area contributed by atoms with Gasteiger partial charge in [0.15, 0.2) is 0 Å². The molecular weight excluding hydrogens is 216 g/mol. The third kappa shape index (κ3) is 2.77. The van der Waals surface area contributed by atoms with E-state index < -0.39 is 0 Å². The van der Waals surface area contributed by atoms with Gasteiger partial charge in [-0.2, -0.15) is 0 Å². The minimum absolute atomic E-state index is 0.218. The second kappa shape index (κ2) is 6.00. The van der Waals surface area contributed by atoms with Crippen molar-refractivity contribution in [2.45, 2.75) is 6.04 Å². The molecule has 0 aromatic heterocycles. The largest absolute Gasteiger partial charge is 0.496 e. The molecule has 1 aliphatic rings. The molecule has 1 aromatic rings. The van der Waals surface area contributed by atoms with E-state index in [1.165, 1.54) is 5.56 Å². The lowest BCUT2D eigenvalue weighted by Gasteiger charge is -2.34. The van der Waals surface area contributed by atoms with E-state index in [-0.39, 0.29) is 6.04 Å². The first kappa shape index (κ1) is 12.4. The summed E-state index contributed by atoms with van der Waals surface area (Å²) in [4.78, 5) is 2.36. The molecule has 4 nitrogen and oxygen atoms in total. The Morgan fingerprint density at radius 3 is 2.71 bits per heavy atom. The van der Waals surface area contributed by atoms with Crippen molar-refractivity contribution >= 4 is 0 Å². The highest BCUT2D eigenvalue weighted by atomic mass is 16.5. The van der Waals surface area contributed by atoms with Crippen LogP contribution in [0.2, 0.25) is 0 Å². The molecule has 0 spiro atoms. The van der Waals surface area contributed by atoms with Gasteiger partial charge in [0.05, 0.1) is 26.4 Å². The molecule has 0 bridgehead atoms. The van der Waals surface area contributed by atoms with Crippen molar-refractivity contribution in [3.63, 3.8) is 0 Å². The maximum Gasteiger partial charge on any atom is 0.123 e. The van der Waals surface area contributed by atoms with Gasteiger partial charge in [-0.05, 0) is 6.07 Å². The second-order valence-electron chi connectivity index (χ2n) is 4.14. The molecule has 1 atom stereocenters. The normalized spacial score (nSPS) is 18.9. The summed E-state index contributed by atoms with van der Waals surface area (Å²) in [7, 11) is 1.70. The summed E-state index contributed by atoms with van der Waals surface area (Å²) in [6.45, 7) is 4.03. The zero-order valence-electron chi connectivity index (χ0n) is 10.3. The van der Waals surface area contributed by atoms with E-state index in [0.29, 0.717) is 6.54 Å². The molecule has 0 radical (unpaired) electrons. The fourth-order valence-electron chi connectivity index (χ4n) is 2.30. The number of benzene rings is 1. The fourth-order valence-corrected chi connectivity index (χ4v) is 2.30. The molecule has 17 heavy (non-hydrogen) atoms. The molecule has 1 fully saturated rings. The number of hydrogen-bond acceptors (Lipinski definition) is 4. The maximum atomic E-state index is 5.92. The Hall–Kier alpha value is -1.10. The summed E-state index contributed by atoms with van der Waals surface area (Å²) >= 11 is 0. The molecule has 1 heterocycles. The van der Waals surface area contributed by atoms with E-state index in [4.69, 9.17) is 15.2 Å².